The highest BCUT2D eigenvalue weighted by atomic mass is 32.1. The molecule has 0 aliphatic carbocycles. The van der Waals surface area contributed by atoms with Gasteiger partial charge in [0.1, 0.15) is 0 Å². The molecule has 0 nitrogen and oxygen atoms in total. The van der Waals surface area contributed by atoms with Gasteiger partial charge >= 0.3 is 0 Å². The fraction of sp³-hybridized carbons (Fsp3) is 0.0943. The third-order valence-electron chi connectivity index (χ3n) is 9.72. The van der Waals surface area contributed by atoms with Gasteiger partial charge in [0.2, 0.25) is 0 Å². The van der Waals surface area contributed by atoms with E-state index >= 15 is 0 Å². The van der Waals surface area contributed by atoms with Crippen molar-refractivity contribution >= 4 is 31.5 Å². The van der Waals surface area contributed by atoms with Crippen LogP contribution >= 0.6 is 11.3 Å². The molecule has 0 radical (unpaired) electrons. The molecule has 0 N–H and O–H groups in total. The Balaban J connectivity index is 0.000000168. The van der Waals surface area contributed by atoms with Crippen molar-refractivity contribution in [3.63, 3.8) is 0 Å². The summed E-state index contributed by atoms with van der Waals surface area (Å²) in [7, 11) is 0. The zero-order chi connectivity index (χ0) is 37.1. The first-order chi connectivity index (χ1) is 26.6. The lowest BCUT2D eigenvalue weighted by molar-refractivity contribution is 0.922. The van der Waals surface area contributed by atoms with Gasteiger partial charge in [-0.15, -0.1) is 11.3 Å². The van der Waals surface area contributed by atoms with Crippen molar-refractivity contribution in [3.05, 3.63) is 217 Å². The molecule has 0 unspecified atom stereocenters. The van der Waals surface area contributed by atoms with E-state index in [2.05, 4.69) is 203 Å². The van der Waals surface area contributed by atoms with E-state index in [0.717, 1.165) is 0 Å². The average Bonchev–Trinajstić information content (AvgIpc) is 3.60. The van der Waals surface area contributed by atoms with Crippen LogP contribution in [0.2, 0.25) is 0 Å². The first-order valence-corrected chi connectivity index (χ1v) is 19.7. The fourth-order valence-corrected chi connectivity index (χ4v) is 7.90. The lowest BCUT2D eigenvalue weighted by atomic mass is 9.91. The summed E-state index contributed by atoms with van der Waals surface area (Å²) in [6.07, 6.45) is 2.39. The summed E-state index contributed by atoms with van der Waals surface area (Å²) in [5, 5.41) is 2.67. The Kier molecular flexibility index (Phi) is 11.9. The normalized spacial score (nSPS) is 10.6. The van der Waals surface area contributed by atoms with Crippen LogP contribution in [0.5, 0.6) is 0 Å². The second kappa shape index (κ2) is 17.7. The van der Waals surface area contributed by atoms with Crippen molar-refractivity contribution in [3.8, 4) is 44.5 Å². The molecular formula is C53H46S. The van der Waals surface area contributed by atoms with Crippen molar-refractivity contribution in [1.82, 2.24) is 0 Å². The van der Waals surface area contributed by atoms with Crippen LogP contribution in [0.25, 0.3) is 64.7 Å². The summed E-state index contributed by atoms with van der Waals surface area (Å²) in [4.78, 5) is 0. The Bertz CT molecular complexity index is 2510. The van der Waals surface area contributed by atoms with Gasteiger partial charge in [0, 0.05) is 20.2 Å². The monoisotopic (exact) mass is 714 g/mol. The Morgan fingerprint density at radius 2 is 0.778 bits per heavy atom. The molecule has 8 aromatic carbocycles. The SMILES string of the molecule is CCCc1ccc(-c2ccccc2)cc1.Cc1ccc(-c2cc3sc4ccccc4c3cc2-c2ccc(-c3ccccc3)cc2)cc1.Cc1ccccc1. The van der Waals surface area contributed by atoms with Crippen LogP contribution in [0, 0.1) is 13.8 Å². The van der Waals surface area contributed by atoms with Crippen LogP contribution in [-0.4, -0.2) is 0 Å². The molecule has 0 atom stereocenters. The molecule has 0 saturated heterocycles. The quantitative estimate of drug-likeness (QED) is 0.161. The molecule has 9 aromatic rings. The first kappa shape index (κ1) is 36.3. The van der Waals surface area contributed by atoms with Gasteiger partial charge in [-0.25, -0.2) is 0 Å². The number of hydrogen-bond donors (Lipinski definition) is 0. The Morgan fingerprint density at radius 3 is 1.31 bits per heavy atom. The van der Waals surface area contributed by atoms with Gasteiger partial charge in [-0.3, -0.25) is 0 Å². The molecule has 1 heteroatoms. The molecule has 9 rings (SSSR count). The molecule has 54 heavy (non-hydrogen) atoms. The molecule has 0 bridgehead atoms. The third-order valence-corrected chi connectivity index (χ3v) is 10.9. The zero-order valence-corrected chi connectivity index (χ0v) is 32.2. The maximum absolute atomic E-state index is 2.39. The minimum Gasteiger partial charge on any atom is -0.135 e. The van der Waals surface area contributed by atoms with Crippen molar-refractivity contribution in [2.24, 2.45) is 0 Å². The second-order valence-corrected chi connectivity index (χ2v) is 14.9. The van der Waals surface area contributed by atoms with Crippen LogP contribution < -0.4 is 0 Å². The lowest BCUT2D eigenvalue weighted by Crippen LogP contribution is -1.87. The maximum Gasteiger partial charge on any atom is 0.0362 e. The molecule has 0 spiro atoms. The van der Waals surface area contributed by atoms with Gasteiger partial charge in [0.25, 0.3) is 0 Å². The Labute approximate surface area is 325 Å². The van der Waals surface area contributed by atoms with E-state index in [1.54, 1.807) is 0 Å². The van der Waals surface area contributed by atoms with Crippen molar-refractivity contribution in [1.29, 1.82) is 0 Å². The Hall–Kier alpha value is -6.02. The van der Waals surface area contributed by atoms with E-state index in [4.69, 9.17) is 0 Å². The molecule has 0 amide bonds. The second-order valence-electron chi connectivity index (χ2n) is 13.8. The van der Waals surface area contributed by atoms with Crippen molar-refractivity contribution in [2.75, 3.05) is 0 Å². The predicted octanol–water partition coefficient (Wildman–Crippen LogP) is 15.7. The first-order valence-electron chi connectivity index (χ1n) is 18.9. The van der Waals surface area contributed by atoms with Crippen LogP contribution in [0.4, 0.5) is 0 Å². The molecule has 0 fully saturated rings. The number of thiophene rings is 1. The minimum absolute atomic E-state index is 1.18. The molecule has 264 valence electrons. The summed E-state index contributed by atoms with van der Waals surface area (Å²) in [5.41, 5.74) is 14.2. The maximum atomic E-state index is 2.39. The van der Waals surface area contributed by atoms with Crippen LogP contribution in [0.1, 0.15) is 30.0 Å². The average molecular weight is 715 g/mol. The highest BCUT2D eigenvalue weighted by Crippen LogP contribution is 2.42. The third kappa shape index (κ3) is 8.94. The lowest BCUT2D eigenvalue weighted by Gasteiger charge is -2.13. The summed E-state index contributed by atoms with van der Waals surface area (Å²) in [6, 6.07) is 71.6. The number of aryl methyl sites for hydroxylation is 3. The number of rotatable bonds is 6. The summed E-state index contributed by atoms with van der Waals surface area (Å²) >= 11 is 1.88. The highest BCUT2D eigenvalue weighted by Gasteiger charge is 2.14. The van der Waals surface area contributed by atoms with Gasteiger partial charge in [0.05, 0.1) is 0 Å². The van der Waals surface area contributed by atoms with Gasteiger partial charge in [-0.2, -0.15) is 0 Å². The largest absolute Gasteiger partial charge is 0.135 e. The van der Waals surface area contributed by atoms with E-state index in [-0.39, 0.29) is 0 Å². The van der Waals surface area contributed by atoms with E-state index in [1.165, 1.54) is 94.2 Å². The number of benzene rings is 8. The van der Waals surface area contributed by atoms with Crippen LogP contribution in [-0.2, 0) is 6.42 Å². The van der Waals surface area contributed by atoms with E-state index in [0.29, 0.717) is 0 Å². The predicted molar refractivity (Wildman–Crippen MR) is 237 cm³/mol. The van der Waals surface area contributed by atoms with Crippen LogP contribution in [0.15, 0.2) is 200 Å². The Morgan fingerprint density at radius 1 is 0.352 bits per heavy atom. The smallest absolute Gasteiger partial charge is 0.0362 e. The standard InChI is InChI=1S/C31H22S.C15H16.C7H8/c1-21-11-13-24(14-12-21)28-20-31-29(26-9-5-6-10-30(26)32-31)19-27(28)25-17-15-23(16-18-25)22-7-3-2-4-8-22;1-2-6-13-9-11-15(12-10-13)14-7-4-3-5-8-14;1-7-5-3-2-4-6-7/h2-20H,1H3;3-5,7-12H,2,6H2,1H3;2-6H,1H3. The topological polar surface area (TPSA) is 0 Å². The minimum atomic E-state index is 1.18. The highest BCUT2D eigenvalue weighted by molar-refractivity contribution is 7.25. The molecule has 0 saturated carbocycles. The van der Waals surface area contributed by atoms with Crippen LogP contribution in [0.3, 0.4) is 0 Å². The summed E-state index contributed by atoms with van der Waals surface area (Å²) in [6.45, 7) is 6.44. The molecule has 1 heterocycles. The van der Waals surface area contributed by atoms with E-state index < -0.39 is 0 Å². The van der Waals surface area contributed by atoms with Crippen molar-refractivity contribution < 1.29 is 0 Å². The van der Waals surface area contributed by atoms with E-state index in [1.807, 2.05) is 29.5 Å². The zero-order valence-electron chi connectivity index (χ0n) is 31.4. The van der Waals surface area contributed by atoms with Gasteiger partial charge < -0.3 is 0 Å². The number of hydrogen-bond acceptors (Lipinski definition) is 1. The summed E-state index contributed by atoms with van der Waals surface area (Å²) in [5.74, 6) is 0. The number of fused-ring (bicyclic) bond motifs is 3. The van der Waals surface area contributed by atoms with Gasteiger partial charge in [-0.1, -0.05) is 206 Å². The molecular weight excluding hydrogens is 669 g/mol. The molecule has 1 aromatic heterocycles. The summed E-state index contributed by atoms with van der Waals surface area (Å²) < 4.78 is 2.68. The van der Waals surface area contributed by atoms with Gasteiger partial charge in [0.15, 0.2) is 0 Å². The molecule has 0 aliphatic heterocycles. The fourth-order valence-electron chi connectivity index (χ4n) is 6.77. The van der Waals surface area contributed by atoms with Gasteiger partial charge in [-0.05, 0) is 88.5 Å². The van der Waals surface area contributed by atoms with E-state index in [9.17, 15) is 0 Å². The van der Waals surface area contributed by atoms with Crippen molar-refractivity contribution in [2.45, 2.75) is 33.6 Å². The molecule has 0 aliphatic rings.